The Labute approximate surface area is 150 Å². The monoisotopic (exact) mass is 355 g/mol. The molecule has 3 aromatic rings. The third kappa shape index (κ3) is 4.19. The third-order valence-corrected chi connectivity index (χ3v) is 4.06. The van der Waals surface area contributed by atoms with E-state index >= 15 is 0 Å². The summed E-state index contributed by atoms with van der Waals surface area (Å²) >= 11 is 6.14. The number of halogens is 1. The number of carbonyl (C=O) groups excluding carboxylic acids is 1. The molecule has 0 radical (unpaired) electrons. The molecule has 6 heteroatoms. The van der Waals surface area contributed by atoms with Crippen molar-refractivity contribution in [3.8, 4) is 5.75 Å². The fourth-order valence-electron chi connectivity index (χ4n) is 2.47. The van der Waals surface area contributed by atoms with Crippen LogP contribution in [0.2, 0.25) is 5.15 Å². The SMILES string of the molecule is COc1ccc(CCNC(=O)C=Cc2c(Cl)nc3ccccn23)cc1. The summed E-state index contributed by atoms with van der Waals surface area (Å²) in [6, 6.07) is 13.4. The Kier molecular flexibility index (Phi) is 5.36. The highest BCUT2D eigenvalue weighted by molar-refractivity contribution is 6.31. The van der Waals surface area contributed by atoms with E-state index in [1.807, 2.05) is 53.1 Å². The van der Waals surface area contributed by atoms with Crippen LogP contribution in [0.25, 0.3) is 11.7 Å². The largest absolute Gasteiger partial charge is 0.497 e. The van der Waals surface area contributed by atoms with Crippen LogP contribution in [0.1, 0.15) is 11.3 Å². The summed E-state index contributed by atoms with van der Waals surface area (Å²) in [5.74, 6) is 0.649. The lowest BCUT2D eigenvalue weighted by molar-refractivity contribution is -0.116. The van der Waals surface area contributed by atoms with Crippen LogP contribution in [0.4, 0.5) is 0 Å². The molecule has 1 N–H and O–H groups in total. The van der Waals surface area contributed by atoms with E-state index in [-0.39, 0.29) is 5.91 Å². The van der Waals surface area contributed by atoms with E-state index in [0.717, 1.165) is 23.4 Å². The summed E-state index contributed by atoms with van der Waals surface area (Å²) < 4.78 is 6.96. The van der Waals surface area contributed by atoms with Crippen LogP contribution in [0.5, 0.6) is 5.75 Å². The van der Waals surface area contributed by atoms with Crippen LogP contribution in [-0.2, 0) is 11.2 Å². The lowest BCUT2D eigenvalue weighted by Gasteiger charge is -2.04. The highest BCUT2D eigenvalue weighted by atomic mass is 35.5. The topological polar surface area (TPSA) is 55.6 Å². The molecule has 128 valence electrons. The first-order valence-electron chi connectivity index (χ1n) is 7.89. The van der Waals surface area contributed by atoms with Gasteiger partial charge in [0.05, 0.1) is 12.8 Å². The van der Waals surface area contributed by atoms with Crippen LogP contribution < -0.4 is 10.1 Å². The summed E-state index contributed by atoms with van der Waals surface area (Å²) in [6.45, 7) is 0.552. The van der Waals surface area contributed by atoms with Crippen molar-refractivity contribution in [1.29, 1.82) is 0 Å². The van der Waals surface area contributed by atoms with E-state index in [2.05, 4.69) is 10.3 Å². The Morgan fingerprint density at radius 2 is 2.08 bits per heavy atom. The van der Waals surface area contributed by atoms with Crippen molar-refractivity contribution < 1.29 is 9.53 Å². The maximum absolute atomic E-state index is 12.0. The van der Waals surface area contributed by atoms with Crippen LogP contribution in [0, 0.1) is 0 Å². The molecular weight excluding hydrogens is 338 g/mol. The molecule has 0 saturated carbocycles. The van der Waals surface area contributed by atoms with Gasteiger partial charge in [0.25, 0.3) is 0 Å². The molecule has 2 aromatic heterocycles. The molecule has 25 heavy (non-hydrogen) atoms. The Balaban J connectivity index is 1.56. The number of benzene rings is 1. The summed E-state index contributed by atoms with van der Waals surface area (Å²) in [6.07, 6.45) is 5.75. The Hall–Kier alpha value is -2.79. The number of hydrogen-bond acceptors (Lipinski definition) is 3. The number of amides is 1. The highest BCUT2D eigenvalue weighted by Gasteiger charge is 2.07. The summed E-state index contributed by atoms with van der Waals surface area (Å²) in [5.41, 5.74) is 2.56. The minimum Gasteiger partial charge on any atom is -0.497 e. The Bertz CT molecular complexity index is 901. The normalized spacial score (nSPS) is 11.1. The molecule has 0 aliphatic carbocycles. The smallest absolute Gasteiger partial charge is 0.244 e. The number of ether oxygens (including phenoxy) is 1. The average Bonchev–Trinajstić information content (AvgIpc) is 2.95. The highest BCUT2D eigenvalue weighted by Crippen LogP contribution is 2.18. The van der Waals surface area contributed by atoms with E-state index in [1.54, 1.807) is 13.2 Å². The lowest BCUT2D eigenvalue weighted by Crippen LogP contribution is -2.23. The maximum atomic E-state index is 12.0. The van der Waals surface area contributed by atoms with E-state index in [1.165, 1.54) is 6.08 Å². The van der Waals surface area contributed by atoms with Gasteiger partial charge in [0.1, 0.15) is 11.4 Å². The van der Waals surface area contributed by atoms with E-state index < -0.39 is 0 Å². The van der Waals surface area contributed by atoms with Crippen LogP contribution in [-0.4, -0.2) is 28.9 Å². The summed E-state index contributed by atoms with van der Waals surface area (Å²) in [4.78, 5) is 16.2. The van der Waals surface area contributed by atoms with Gasteiger partial charge in [-0.05, 0) is 42.3 Å². The second-order valence-corrected chi connectivity index (χ2v) is 5.80. The molecule has 0 aliphatic rings. The first kappa shape index (κ1) is 17.0. The third-order valence-electron chi connectivity index (χ3n) is 3.79. The van der Waals surface area contributed by atoms with Gasteiger partial charge in [0.2, 0.25) is 5.91 Å². The number of nitrogens with one attached hydrogen (secondary N) is 1. The van der Waals surface area contributed by atoms with Crippen LogP contribution in [0.3, 0.4) is 0 Å². The zero-order valence-electron chi connectivity index (χ0n) is 13.8. The lowest BCUT2D eigenvalue weighted by atomic mass is 10.1. The Morgan fingerprint density at radius 3 is 2.84 bits per heavy atom. The number of imidazole rings is 1. The molecule has 3 rings (SSSR count). The van der Waals surface area contributed by atoms with Crippen molar-refractivity contribution >= 4 is 29.2 Å². The number of fused-ring (bicyclic) bond motifs is 1. The second-order valence-electron chi connectivity index (χ2n) is 5.44. The molecule has 5 nitrogen and oxygen atoms in total. The van der Waals surface area contributed by atoms with Crippen molar-refractivity contribution in [3.63, 3.8) is 0 Å². The van der Waals surface area contributed by atoms with Gasteiger partial charge in [0, 0.05) is 18.8 Å². The van der Waals surface area contributed by atoms with Gasteiger partial charge < -0.3 is 10.1 Å². The minimum absolute atomic E-state index is 0.171. The molecule has 0 fully saturated rings. The van der Waals surface area contributed by atoms with E-state index in [9.17, 15) is 4.79 Å². The van der Waals surface area contributed by atoms with Gasteiger partial charge >= 0.3 is 0 Å². The van der Waals surface area contributed by atoms with Crippen molar-refractivity contribution in [2.45, 2.75) is 6.42 Å². The molecule has 0 saturated heterocycles. The molecule has 0 unspecified atom stereocenters. The summed E-state index contributed by atoms with van der Waals surface area (Å²) in [7, 11) is 1.64. The number of aromatic nitrogens is 2. The predicted molar refractivity (Wildman–Crippen MR) is 98.9 cm³/mol. The molecule has 0 spiro atoms. The first-order chi connectivity index (χ1) is 12.2. The number of rotatable bonds is 6. The quantitative estimate of drug-likeness (QED) is 0.690. The molecule has 0 aliphatic heterocycles. The van der Waals surface area contributed by atoms with Gasteiger partial charge in [-0.2, -0.15) is 0 Å². The first-order valence-corrected chi connectivity index (χ1v) is 8.26. The minimum atomic E-state index is -0.171. The molecule has 2 heterocycles. The second kappa shape index (κ2) is 7.85. The van der Waals surface area contributed by atoms with Gasteiger partial charge in [0.15, 0.2) is 5.15 Å². The maximum Gasteiger partial charge on any atom is 0.244 e. The van der Waals surface area contributed by atoms with Gasteiger partial charge in [-0.15, -0.1) is 0 Å². The predicted octanol–water partition coefficient (Wildman–Crippen LogP) is 3.37. The van der Waals surface area contributed by atoms with Gasteiger partial charge in [-0.1, -0.05) is 29.8 Å². The number of nitrogens with zero attached hydrogens (tertiary/aromatic N) is 2. The molecule has 0 atom stereocenters. The number of hydrogen-bond donors (Lipinski definition) is 1. The summed E-state index contributed by atoms with van der Waals surface area (Å²) in [5, 5.41) is 3.23. The fraction of sp³-hybridized carbons (Fsp3) is 0.158. The van der Waals surface area contributed by atoms with Crippen molar-refractivity contribution in [2.75, 3.05) is 13.7 Å². The van der Waals surface area contributed by atoms with Crippen molar-refractivity contribution in [1.82, 2.24) is 14.7 Å². The Morgan fingerprint density at radius 1 is 1.28 bits per heavy atom. The standard InChI is InChI=1S/C19H18ClN3O2/c1-25-15-7-5-14(6-8-15)11-12-21-18(24)10-9-16-19(20)22-17-4-2-3-13-23(16)17/h2-10,13H,11-12H2,1H3,(H,21,24). The average molecular weight is 356 g/mol. The van der Waals surface area contributed by atoms with Crippen molar-refractivity contribution in [2.24, 2.45) is 0 Å². The van der Waals surface area contributed by atoms with Gasteiger partial charge in [-0.3, -0.25) is 9.20 Å². The molecule has 0 bridgehead atoms. The fourth-order valence-corrected chi connectivity index (χ4v) is 2.71. The van der Waals surface area contributed by atoms with E-state index in [4.69, 9.17) is 16.3 Å². The number of carbonyl (C=O) groups is 1. The molecule has 1 aromatic carbocycles. The van der Waals surface area contributed by atoms with E-state index in [0.29, 0.717) is 17.4 Å². The number of pyridine rings is 1. The zero-order valence-corrected chi connectivity index (χ0v) is 14.5. The molecule has 1 amide bonds. The van der Waals surface area contributed by atoms with Crippen molar-refractivity contribution in [3.05, 3.63) is 71.1 Å². The zero-order chi connectivity index (χ0) is 17.6. The van der Waals surface area contributed by atoms with Crippen LogP contribution >= 0.6 is 11.6 Å². The molecular formula is C19H18ClN3O2. The van der Waals surface area contributed by atoms with Crippen LogP contribution in [0.15, 0.2) is 54.7 Å². The van der Waals surface area contributed by atoms with Gasteiger partial charge in [-0.25, -0.2) is 4.98 Å². The number of methoxy groups -OCH3 is 1.